The predicted octanol–water partition coefficient (Wildman–Crippen LogP) is 0.713. The number of azide groups is 1. The van der Waals surface area contributed by atoms with Gasteiger partial charge in [0, 0.05) is 33.4 Å². The van der Waals surface area contributed by atoms with Crippen LogP contribution in [0.1, 0.15) is 0 Å². The second-order valence-corrected chi connectivity index (χ2v) is 3.79. The zero-order chi connectivity index (χ0) is 13.5. The van der Waals surface area contributed by atoms with Crippen molar-refractivity contribution in [1.29, 1.82) is 0 Å². The molecule has 0 N–H and O–H groups in total. The number of rotatable bonds is 7. The van der Waals surface area contributed by atoms with Crippen LogP contribution < -0.4 is 0 Å². The van der Waals surface area contributed by atoms with Crippen LogP contribution in [0, 0.1) is 0 Å². The summed E-state index contributed by atoms with van der Waals surface area (Å²) in [4.78, 5) is 2.71. The van der Waals surface area contributed by atoms with E-state index in [9.17, 15) is 0 Å². The SMILES string of the molecule is CO[C@@H]1O[C@@H]([C@@H](CN=[N+]=[N-])OC)[C@H](OC)[C@H]1OC. The highest BCUT2D eigenvalue weighted by Gasteiger charge is 2.48. The minimum Gasteiger partial charge on any atom is -0.379 e. The van der Waals surface area contributed by atoms with Crippen LogP contribution >= 0.6 is 0 Å². The molecule has 0 aromatic carbocycles. The van der Waals surface area contributed by atoms with Crippen molar-refractivity contribution in [2.24, 2.45) is 5.11 Å². The lowest BCUT2D eigenvalue weighted by Crippen LogP contribution is -2.43. The Kier molecular flexibility index (Phi) is 6.34. The predicted molar refractivity (Wildman–Crippen MR) is 62.1 cm³/mol. The fourth-order valence-corrected chi connectivity index (χ4v) is 2.08. The van der Waals surface area contributed by atoms with Crippen LogP contribution in [-0.4, -0.2) is 65.7 Å². The van der Waals surface area contributed by atoms with Crippen molar-refractivity contribution in [1.82, 2.24) is 0 Å². The van der Waals surface area contributed by atoms with Gasteiger partial charge in [-0.15, -0.1) is 0 Å². The summed E-state index contributed by atoms with van der Waals surface area (Å²) in [5, 5.41) is 3.50. The molecule has 0 aromatic heterocycles. The zero-order valence-corrected chi connectivity index (χ0v) is 11.0. The Labute approximate surface area is 106 Å². The Morgan fingerprint density at radius 2 is 1.83 bits per heavy atom. The van der Waals surface area contributed by atoms with Crippen molar-refractivity contribution in [2.45, 2.75) is 30.7 Å². The van der Waals surface area contributed by atoms with E-state index in [1.54, 1.807) is 14.2 Å². The van der Waals surface area contributed by atoms with Crippen molar-refractivity contribution in [3.8, 4) is 0 Å². The number of hydrogen-bond acceptors (Lipinski definition) is 6. The van der Waals surface area contributed by atoms with E-state index in [1.807, 2.05) is 0 Å². The highest BCUT2D eigenvalue weighted by Crippen LogP contribution is 2.29. The van der Waals surface area contributed by atoms with Crippen LogP contribution in [0.5, 0.6) is 0 Å². The van der Waals surface area contributed by atoms with Crippen molar-refractivity contribution in [3.63, 3.8) is 0 Å². The molecule has 1 aliphatic rings. The lowest BCUT2D eigenvalue weighted by molar-refractivity contribution is -0.169. The lowest BCUT2D eigenvalue weighted by atomic mass is 10.1. The summed E-state index contributed by atoms with van der Waals surface area (Å²) in [7, 11) is 6.17. The van der Waals surface area contributed by atoms with Gasteiger partial charge < -0.3 is 23.7 Å². The summed E-state index contributed by atoms with van der Waals surface area (Å²) in [6.45, 7) is 0.157. The largest absolute Gasteiger partial charge is 0.379 e. The smallest absolute Gasteiger partial charge is 0.186 e. The first-order chi connectivity index (χ1) is 8.73. The molecule has 104 valence electrons. The number of nitrogens with zero attached hydrogens (tertiary/aromatic N) is 3. The quantitative estimate of drug-likeness (QED) is 0.382. The molecule has 8 heteroatoms. The van der Waals surface area contributed by atoms with Gasteiger partial charge in [-0.3, -0.25) is 0 Å². The van der Waals surface area contributed by atoms with Crippen molar-refractivity contribution in [3.05, 3.63) is 10.4 Å². The summed E-state index contributed by atoms with van der Waals surface area (Å²) in [5.41, 5.74) is 8.35. The number of methoxy groups -OCH3 is 4. The van der Waals surface area contributed by atoms with E-state index in [0.717, 1.165) is 0 Å². The van der Waals surface area contributed by atoms with Crippen molar-refractivity contribution in [2.75, 3.05) is 35.0 Å². The highest BCUT2D eigenvalue weighted by molar-refractivity contribution is 4.94. The highest BCUT2D eigenvalue weighted by atomic mass is 16.7. The van der Waals surface area contributed by atoms with Gasteiger partial charge in [0.15, 0.2) is 6.29 Å². The molecule has 0 unspecified atom stereocenters. The second kappa shape index (κ2) is 7.52. The van der Waals surface area contributed by atoms with Gasteiger partial charge in [-0.2, -0.15) is 0 Å². The first-order valence-electron chi connectivity index (χ1n) is 5.51. The number of hydrogen-bond donors (Lipinski definition) is 0. The van der Waals surface area contributed by atoms with Gasteiger partial charge in [0.1, 0.15) is 18.3 Å². The third-order valence-corrected chi connectivity index (χ3v) is 2.98. The number of ether oxygens (including phenoxy) is 5. The Morgan fingerprint density at radius 3 is 2.28 bits per heavy atom. The van der Waals surface area contributed by atoms with Crippen LogP contribution in [0.4, 0.5) is 0 Å². The fourth-order valence-electron chi connectivity index (χ4n) is 2.08. The molecule has 0 aliphatic carbocycles. The van der Waals surface area contributed by atoms with E-state index in [-0.39, 0.29) is 18.8 Å². The Balaban J connectivity index is 2.82. The van der Waals surface area contributed by atoms with Gasteiger partial charge >= 0.3 is 0 Å². The molecule has 1 saturated heterocycles. The van der Waals surface area contributed by atoms with E-state index in [2.05, 4.69) is 10.0 Å². The third kappa shape index (κ3) is 3.11. The minimum atomic E-state index is -0.534. The van der Waals surface area contributed by atoms with E-state index in [4.69, 9.17) is 29.2 Å². The average molecular weight is 261 g/mol. The van der Waals surface area contributed by atoms with E-state index < -0.39 is 18.5 Å². The molecular formula is C10H19N3O5. The van der Waals surface area contributed by atoms with E-state index in [0.29, 0.717) is 0 Å². The fraction of sp³-hybridized carbons (Fsp3) is 1.00. The minimum absolute atomic E-state index is 0.157. The molecule has 0 saturated carbocycles. The molecule has 1 fully saturated rings. The Hall–Kier alpha value is -0.890. The first-order valence-corrected chi connectivity index (χ1v) is 5.51. The van der Waals surface area contributed by atoms with Crippen LogP contribution in [0.25, 0.3) is 10.4 Å². The zero-order valence-electron chi connectivity index (χ0n) is 11.0. The Morgan fingerprint density at radius 1 is 1.17 bits per heavy atom. The molecule has 8 nitrogen and oxygen atoms in total. The van der Waals surface area contributed by atoms with Gasteiger partial charge in [0.2, 0.25) is 0 Å². The van der Waals surface area contributed by atoms with Crippen LogP contribution in [0.2, 0.25) is 0 Å². The summed E-state index contributed by atoms with van der Waals surface area (Å²) in [6, 6.07) is 0. The maximum Gasteiger partial charge on any atom is 0.186 e. The summed E-state index contributed by atoms with van der Waals surface area (Å²) in [5.74, 6) is 0. The molecule has 0 amide bonds. The third-order valence-electron chi connectivity index (χ3n) is 2.98. The van der Waals surface area contributed by atoms with Crippen LogP contribution in [-0.2, 0) is 23.7 Å². The van der Waals surface area contributed by atoms with Gasteiger partial charge in [-0.1, -0.05) is 5.11 Å². The molecule has 0 spiro atoms. The maximum absolute atomic E-state index is 8.35. The van der Waals surface area contributed by atoms with E-state index >= 15 is 0 Å². The monoisotopic (exact) mass is 261 g/mol. The van der Waals surface area contributed by atoms with Gasteiger partial charge in [0.25, 0.3) is 0 Å². The van der Waals surface area contributed by atoms with Gasteiger partial charge in [-0.25, -0.2) is 0 Å². The van der Waals surface area contributed by atoms with Crippen molar-refractivity contribution >= 4 is 0 Å². The summed E-state index contributed by atoms with van der Waals surface area (Å²) >= 11 is 0. The van der Waals surface area contributed by atoms with E-state index in [1.165, 1.54) is 14.2 Å². The second-order valence-electron chi connectivity index (χ2n) is 3.79. The standard InChI is InChI=1S/C10H19N3O5/c1-14-6(5-12-13-11)7-8(15-2)9(16-3)10(17-4)18-7/h6-10H,5H2,1-4H3/t6-,7+,8+,9-,10-/m1/s1. The molecule has 1 heterocycles. The molecule has 0 aromatic rings. The molecule has 0 radical (unpaired) electrons. The Bertz CT molecular complexity index is 297. The van der Waals surface area contributed by atoms with Crippen molar-refractivity contribution < 1.29 is 23.7 Å². The molecular weight excluding hydrogens is 242 g/mol. The normalized spacial score (nSPS) is 33.1. The topological polar surface area (TPSA) is 94.9 Å². The van der Waals surface area contributed by atoms with Gasteiger partial charge in [0.05, 0.1) is 12.6 Å². The first kappa shape index (κ1) is 15.2. The average Bonchev–Trinajstić information content (AvgIpc) is 2.77. The molecule has 5 atom stereocenters. The molecule has 1 aliphatic heterocycles. The van der Waals surface area contributed by atoms with Crippen LogP contribution in [0.3, 0.4) is 0 Å². The maximum atomic E-state index is 8.35. The van der Waals surface area contributed by atoms with Crippen LogP contribution in [0.15, 0.2) is 5.11 Å². The molecule has 0 bridgehead atoms. The summed E-state index contributed by atoms with van der Waals surface area (Å²) < 4.78 is 26.8. The lowest BCUT2D eigenvalue weighted by Gasteiger charge is -2.25. The molecule has 18 heavy (non-hydrogen) atoms. The molecule has 1 rings (SSSR count). The summed E-state index contributed by atoms with van der Waals surface area (Å²) in [6.07, 6.45) is -2.06. The van der Waals surface area contributed by atoms with Gasteiger partial charge in [-0.05, 0) is 5.53 Å².